The monoisotopic (exact) mass is 366 g/mol. The van der Waals surface area contributed by atoms with Crippen LogP contribution in [0.2, 0.25) is 0 Å². The molecule has 0 radical (unpaired) electrons. The first kappa shape index (κ1) is 18.0. The second kappa shape index (κ2) is 6.66. The zero-order valence-electron chi connectivity index (χ0n) is 16.3. The highest BCUT2D eigenvalue weighted by molar-refractivity contribution is 5.94. The van der Waals surface area contributed by atoms with E-state index in [1.807, 2.05) is 43.3 Å². The van der Waals surface area contributed by atoms with E-state index in [9.17, 15) is 9.18 Å². The summed E-state index contributed by atoms with van der Waals surface area (Å²) in [5.74, 6) is -0.0893. The van der Waals surface area contributed by atoms with Crippen LogP contribution in [0.4, 0.5) is 10.1 Å². The molecule has 2 heterocycles. The minimum absolute atomic E-state index is 0.0801. The Kier molecular flexibility index (Phi) is 4.45. The van der Waals surface area contributed by atoms with Gasteiger partial charge in [0, 0.05) is 23.3 Å². The number of carbonyl (C=O) groups is 1. The number of carbonyl (C=O) groups excluding carboxylic acids is 1. The van der Waals surface area contributed by atoms with Crippen molar-refractivity contribution in [1.82, 2.24) is 4.90 Å². The lowest BCUT2D eigenvalue weighted by molar-refractivity contribution is 0.0605. The summed E-state index contributed by atoms with van der Waals surface area (Å²) in [6.45, 7) is 7.29. The van der Waals surface area contributed by atoms with Crippen molar-refractivity contribution in [1.29, 1.82) is 0 Å². The SMILES string of the molecule is Cc1ccc(C(=O)N2CCC[C@H]3[C@@H]2CC(C)(C)N3c2ccc(F)cc2)cc1. The molecule has 27 heavy (non-hydrogen) atoms. The van der Waals surface area contributed by atoms with Gasteiger partial charge in [0.25, 0.3) is 5.91 Å². The van der Waals surface area contributed by atoms with E-state index < -0.39 is 0 Å². The number of nitrogens with zero attached hydrogens (tertiary/aromatic N) is 2. The fourth-order valence-corrected chi connectivity index (χ4v) is 4.90. The van der Waals surface area contributed by atoms with Crippen molar-refractivity contribution in [2.24, 2.45) is 0 Å². The van der Waals surface area contributed by atoms with Crippen LogP contribution >= 0.6 is 0 Å². The van der Waals surface area contributed by atoms with Gasteiger partial charge in [-0.05, 0) is 76.4 Å². The van der Waals surface area contributed by atoms with E-state index in [0.717, 1.165) is 42.6 Å². The summed E-state index contributed by atoms with van der Waals surface area (Å²) >= 11 is 0. The topological polar surface area (TPSA) is 23.6 Å². The number of fused-ring (bicyclic) bond motifs is 1. The zero-order chi connectivity index (χ0) is 19.2. The van der Waals surface area contributed by atoms with Crippen molar-refractivity contribution in [3.63, 3.8) is 0 Å². The lowest BCUT2D eigenvalue weighted by atomic mass is 9.93. The quantitative estimate of drug-likeness (QED) is 0.762. The van der Waals surface area contributed by atoms with Crippen LogP contribution in [-0.4, -0.2) is 35.0 Å². The predicted molar refractivity (Wildman–Crippen MR) is 107 cm³/mol. The molecule has 3 nitrogen and oxygen atoms in total. The Labute approximate surface area is 160 Å². The van der Waals surface area contributed by atoms with Crippen LogP contribution in [0.1, 0.15) is 49.0 Å². The molecule has 0 aromatic heterocycles. The van der Waals surface area contributed by atoms with Crippen LogP contribution < -0.4 is 4.90 Å². The highest BCUT2D eigenvalue weighted by atomic mass is 19.1. The molecule has 0 saturated carbocycles. The van der Waals surface area contributed by atoms with Gasteiger partial charge in [0.15, 0.2) is 0 Å². The maximum absolute atomic E-state index is 13.4. The van der Waals surface area contributed by atoms with Crippen LogP contribution in [-0.2, 0) is 0 Å². The third kappa shape index (κ3) is 3.22. The molecule has 4 heteroatoms. The van der Waals surface area contributed by atoms with E-state index >= 15 is 0 Å². The molecule has 1 amide bonds. The summed E-state index contributed by atoms with van der Waals surface area (Å²) in [4.78, 5) is 17.7. The van der Waals surface area contributed by atoms with E-state index in [1.165, 1.54) is 12.1 Å². The number of halogens is 1. The molecule has 142 valence electrons. The number of hydrogen-bond acceptors (Lipinski definition) is 2. The fourth-order valence-electron chi connectivity index (χ4n) is 4.90. The van der Waals surface area contributed by atoms with E-state index in [0.29, 0.717) is 0 Å². The average molecular weight is 366 g/mol. The number of aryl methyl sites for hydroxylation is 1. The second-order valence-corrected chi connectivity index (χ2v) is 8.50. The van der Waals surface area contributed by atoms with Crippen molar-refractivity contribution in [3.05, 3.63) is 65.5 Å². The highest BCUT2D eigenvalue weighted by Gasteiger charge is 2.50. The maximum atomic E-state index is 13.4. The number of likely N-dealkylation sites (tertiary alicyclic amines) is 1. The molecule has 0 aliphatic carbocycles. The standard InChI is InChI=1S/C23H27FN2O/c1-16-6-8-17(9-7-16)22(27)25-14-4-5-20-21(25)15-23(2,3)26(20)19-12-10-18(24)11-13-19/h6-13,20-21H,4-5,14-15H2,1-3H3/t20-,21-/m0/s1. The minimum atomic E-state index is -0.216. The Morgan fingerprint density at radius 3 is 2.37 bits per heavy atom. The number of rotatable bonds is 2. The summed E-state index contributed by atoms with van der Waals surface area (Å²) < 4.78 is 13.4. The third-order valence-electron chi connectivity index (χ3n) is 6.10. The molecular formula is C23H27FN2O. The molecule has 2 aromatic carbocycles. The molecule has 2 aliphatic heterocycles. The van der Waals surface area contributed by atoms with Gasteiger partial charge < -0.3 is 9.80 Å². The van der Waals surface area contributed by atoms with Crippen LogP contribution in [0, 0.1) is 12.7 Å². The van der Waals surface area contributed by atoms with Crippen molar-refractivity contribution >= 4 is 11.6 Å². The van der Waals surface area contributed by atoms with Gasteiger partial charge in [0.1, 0.15) is 5.82 Å². The summed E-state index contributed by atoms with van der Waals surface area (Å²) in [6.07, 6.45) is 2.97. The second-order valence-electron chi connectivity index (χ2n) is 8.50. The summed E-state index contributed by atoms with van der Waals surface area (Å²) in [6, 6.07) is 15.1. The van der Waals surface area contributed by atoms with Crippen molar-refractivity contribution in [3.8, 4) is 0 Å². The van der Waals surface area contributed by atoms with E-state index in [4.69, 9.17) is 0 Å². The number of anilines is 1. The first-order valence-electron chi connectivity index (χ1n) is 9.79. The van der Waals surface area contributed by atoms with Gasteiger partial charge in [0.05, 0.1) is 12.1 Å². The lowest BCUT2D eigenvalue weighted by Gasteiger charge is -2.42. The molecule has 4 rings (SSSR count). The lowest BCUT2D eigenvalue weighted by Crippen LogP contribution is -2.52. The number of benzene rings is 2. The predicted octanol–water partition coefficient (Wildman–Crippen LogP) is 4.80. The normalized spacial score (nSPS) is 24.0. The number of hydrogen-bond donors (Lipinski definition) is 0. The first-order valence-corrected chi connectivity index (χ1v) is 9.79. The van der Waals surface area contributed by atoms with Crippen LogP contribution in [0.5, 0.6) is 0 Å². The third-order valence-corrected chi connectivity index (χ3v) is 6.10. The molecule has 0 N–H and O–H groups in total. The van der Waals surface area contributed by atoms with Crippen molar-refractivity contribution in [2.75, 3.05) is 11.4 Å². The summed E-state index contributed by atoms with van der Waals surface area (Å²) in [5.41, 5.74) is 2.88. The number of piperidine rings is 1. The molecule has 0 unspecified atom stereocenters. The van der Waals surface area contributed by atoms with E-state index in [-0.39, 0.29) is 29.3 Å². The van der Waals surface area contributed by atoms with Crippen molar-refractivity contribution in [2.45, 2.75) is 57.7 Å². The van der Waals surface area contributed by atoms with Gasteiger partial charge in [-0.2, -0.15) is 0 Å². The smallest absolute Gasteiger partial charge is 0.254 e. The Morgan fingerprint density at radius 1 is 1.04 bits per heavy atom. The van der Waals surface area contributed by atoms with Crippen molar-refractivity contribution < 1.29 is 9.18 Å². The maximum Gasteiger partial charge on any atom is 0.254 e. The summed E-state index contributed by atoms with van der Waals surface area (Å²) in [5, 5.41) is 0. The first-order chi connectivity index (χ1) is 12.9. The Balaban J connectivity index is 1.64. The van der Waals surface area contributed by atoms with Gasteiger partial charge in [-0.3, -0.25) is 4.79 Å². The Bertz CT molecular complexity index is 828. The number of amides is 1. The largest absolute Gasteiger partial charge is 0.361 e. The molecule has 0 bridgehead atoms. The van der Waals surface area contributed by atoms with Crippen LogP contribution in [0.15, 0.2) is 48.5 Å². The van der Waals surface area contributed by atoms with E-state index in [1.54, 1.807) is 0 Å². The summed E-state index contributed by atoms with van der Waals surface area (Å²) in [7, 11) is 0. The van der Waals surface area contributed by atoms with Gasteiger partial charge in [0.2, 0.25) is 0 Å². The highest BCUT2D eigenvalue weighted by Crippen LogP contribution is 2.44. The van der Waals surface area contributed by atoms with Gasteiger partial charge in [-0.25, -0.2) is 4.39 Å². The van der Waals surface area contributed by atoms with Gasteiger partial charge in [-0.1, -0.05) is 17.7 Å². The molecule has 2 atom stereocenters. The molecule has 2 aliphatic rings. The fraction of sp³-hybridized carbons (Fsp3) is 0.435. The molecule has 2 fully saturated rings. The molecule has 2 saturated heterocycles. The zero-order valence-corrected chi connectivity index (χ0v) is 16.3. The Hall–Kier alpha value is -2.36. The van der Waals surface area contributed by atoms with Gasteiger partial charge in [-0.15, -0.1) is 0 Å². The molecular weight excluding hydrogens is 339 g/mol. The Morgan fingerprint density at radius 2 is 1.70 bits per heavy atom. The minimum Gasteiger partial charge on any atom is -0.361 e. The molecule has 0 spiro atoms. The van der Waals surface area contributed by atoms with E-state index in [2.05, 4.69) is 23.6 Å². The van der Waals surface area contributed by atoms with Crippen LogP contribution in [0.25, 0.3) is 0 Å². The van der Waals surface area contributed by atoms with Crippen LogP contribution in [0.3, 0.4) is 0 Å². The molecule has 2 aromatic rings. The van der Waals surface area contributed by atoms with Gasteiger partial charge >= 0.3 is 0 Å². The average Bonchev–Trinajstić information content (AvgIpc) is 2.92.